The molecule has 0 aromatic heterocycles. The summed E-state index contributed by atoms with van der Waals surface area (Å²) >= 11 is 0. The van der Waals surface area contributed by atoms with E-state index in [0.717, 1.165) is 0 Å². The van der Waals surface area contributed by atoms with E-state index in [-0.39, 0.29) is 29.6 Å². The van der Waals surface area contributed by atoms with Crippen LogP contribution in [0.25, 0.3) is 0 Å². The average molecular weight is 287 g/mol. The molecule has 0 amide bonds. The molecule has 0 heterocycles. The van der Waals surface area contributed by atoms with E-state index in [1.54, 1.807) is 0 Å². The molecule has 5 N–H and O–H groups in total. The lowest BCUT2D eigenvalue weighted by Crippen LogP contribution is -2.25. The second-order valence-corrected chi connectivity index (χ2v) is 5.91. The van der Waals surface area contributed by atoms with Gasteiger partial charge in [0.2, 0.25) is 0 Å². The van der Waals surface area contributed by atoms with Gasteiger partial charge in [0.15, 0.2) is 15.7 Å². The van der Waals surface area contributed by atoms with Crippen LogP contribution in [0.15, 0.2) is 34.3 Å². The Labute approximate surface area is 111 Å². The summed E-state index contributed by atoms with van der Waals surface area (Å²) in [6, 6.07) is 5.77. The van der Waals surface area contributed by atoms with Crippen LogP contribution < -0.4 is 11.1 Å². The molecule has 0 spiro atoms. The number of nitrogens with two attached hydrogens (primary N) is 1. The molecule has 0 saturated heterocycles. The standard InChI is InChI=1S/C11H17N3O4S/c12-11(14-16)9-1-3-10(4-2-9)19(17,18)8-6-13-5-7-15/h1-4,13,15-16H,5-8H2,(H2,12,14). The number of oxime groups is 1. The van der Waals surface area contributed by atoms with E-state index in [2.05, 4.69) is 10.5 Å². The number of hydrogen-bond acceptors (Lipinski definition) is 6. The van der Waals surface area contributed by atoms with E-state index in [1.807, 2.05) is 0 Å². The third-order valence-corrected chi connectivity index (χ3v) is 4.19. The molecule has 106 valence electrons. The number of rotatable bonds is 7. The molecule has 8 heteroatoms. The average Bonchev–Trinajstić information content (AvgIpc) is 2.43. The van der Waals surface area contributed by atoms with Gasteiger partial charge >= 0.3 is 0 Å². The number of nitrogens with zero attached hydrogens (tertiary/aromatic N) is 1. The molecule has 1 aromatic carbocycles. The molecule has 0 radical (unpaired) electrons. The van der Waals surface area contributed by atoms with Crippen molar-refractivity contribution in [3.8, 4) is 0 Å². The predicted molar refractivity (Wildman–Crippen MR) is 71.0 cm³/mol. The highest BCUT2D eigenvalue weighted by Gasteiger charge is 2.14. The van der Waals surface area contributed by atoms with Crippen LogP contribution in [0.4, 0.5) is 0 Å². The highest BCUT2D eigenvalue weighted by Crippen LogP contribution is 2.12. The van der Waals surface area contributed by atoms with Gasteiger partial charge in [-0.1, -0.05) is 5.16 Å². The Bertz CT molecular complexity index is 525. The number of aliphatic hydroxyl groups is 1. The number of nitrogens with one attached hydrogen (secondary N) is 1. The lowest BCUT2D eigenvalue weighted by Gasteiger charge is -2.06. The minimum Gasteiger partial charge on any atom is -0.409 e. The van der Waals surface area contributed by atoms with Crippen LogP contribution in [0.1, 0.15) is 5.56 Å². The van der Waals surface area contributed by atoms with Gasteiger partial charge in [-0.25, -0.2) is 8.42 Å². The molecule has 1 aromatic rings. The highest BCUT2D eigenvalue weighted by atomic mass is 32.2. The van der Waals surface area contributed by atoms with E-state index in [9.17, 15) is 8.42 Å². The summed E-state index contributed by atoms with van der Waals surface area (Å²) in [5.74, 6) is -0.135. The monoisotopic (exact) mass is 287 g/mol. The second-order valence-electron chi connectivity index (χ2n) is 3.80. The van der Waals surface area contributed by atoms with Crippen molar-refractivity contribution in [3.63, 3.8) is 0 Å². The fourth-order valence-corrected chi connectivity index (χ4v) is 2.62. The van der Waals surface area contributed by atoms with Crippen molar-refractivity contribution < 1.29 is 18.7 Å². The van der Waals surface area contributed by atoms with Crippen LogP contribution in [0.2, 0.25) is 0 Å². The second kappa shape index (κ2) is 7.07. The van der Waals surface area contributed by atoms with Crippen LogP contribution in [-0.4, -0.2) is 50.0 Å². The lowest BCUT2D eigenvalue weighted by molar-refractivity contribution is 0.293. The predicted octanol–water partition coefficient (Wildman–Crippen LogP) is -0.863. The van der Waals surface area contributed by atoms with Gasteiger partial charge in [-0.15, -0.1) is 0 Å². The van der Waals surface area contributed by atoms with Gasteiger partial charge in [0.05, 0.1) is 17.3 Å². The van der Waals surface area contributed by atoms with Crippen molar-refractivity contribution in [1.82, 2.24) is 5.32 Å². The van der Waals surface area contributed by atoms with E-state index < -0.39 is 9.84 Å². The molecule has 0 aliphatic carbocycles. The first-order valence-electron chi connectivity index (χ1n) is 5.63. The first kappa shape index (κ1) is 15.4. The Morgan fingerprint density at radius 1 is 1.26 bits per heavy atom. The SMILES string of the molecule is N/C(=N/O)c1ccc(S(=O)(=O)CCNCCO)cc1. The maximum atomic E-state index is 11.9. The molecule has 0 atom stereocenters. The van der Waals surface area contributed by atoms with Gasteiger partial charge in [0, 0.05) is 18.7 Å². The van der Waals surface area contributed by atoms with E-state index in [4.69, 9.17) is 16.0 Å². The zero-order valence-corrected chi connectivity index (χ0v) is 11.1. The van der Waals surface area contributed by atoms with Crippen molar-refractivity contribution in [2.75, 3.05) is 25.4 Å². The van der Waals surface area contributed by atoms with Crippen molar-refractivity contribution in [2.24, 2.45) is 10.9 Å². The Morgan fingerprint density at radius 2 is 1.89 bits per heavy atom. The van der Waals surface area contributed by atoms with Crippen molar-refractivity contribution in [1.29, 1.82) is 0 Å². The summed E-state index contributed by atoms with van der Waals surface area (Å²) in [5.41, 5.74) is 5.83. The fourth-order valence-electron chi connectivity index (χ4n) is 1.42. The summed E-state index contributed by atoms with van der Waals surface area (Å²) in [4.78, 5) is 0.174. The first-order chi connectivity index (χ1) is 9.01. The molecule has 0 fully saturated rings. The van der Waals surface area contributed by atoms with Gasteiger partial charge in [-0.2, -0.15) is 0 Å². The number of amidine groups is 1. The normalized spacial score (nSPS) is 12.6. The summed E-state index contributed by atoms with van der Waals surface area (Å²) in [6.45, 7) is 0.595. The van der Waals surface area contributed by atoms with Crippen LogP contribution in [0.5, 0.6) is 0 Å². The van der Waals surface area contributed by atoms with E-state index in [0.29, 0.717) is 12.1 Å². The third kappa shape index (κ3) is 4.51. The maximum Gasteiger partial charge on any atom is 0.179 e. The topological polar surface area (TPSA) is 125 Å². The Morgan fingerprint density at radius 3 is 2.42 bits per heavy atom. The molecular formula is C11H17N3O4S. The van der Waals surface area contributed by atoms with Gasteiger partial charge in [-0.3, -0.25) is 0 Å². The van der Waals surface area contributed by atoms with Crippen molar-refractivity contribution in [2.45, 2.75) is 4.90 Å². The van der Waals surface area contributed by atoms with Crippen LogP contribution in [-0.2, 0) is 9.84 Å². The molecule has 19 heavy (non-hydrogen) atoms. The molecule has 0 saturated carbocycles. The van der Waals surface area contributed by atoms with E-state index >= 15 is 0 Å². The van der Waals surface area contributed by atoms with Gasteiger partial charge in [-0.05, 0) is 24.3 Å². The third-order valence-electron chi connectivity index (χ3n) is 2.45. The van der Waals surface area contributed by atoms with Crippen LogP contribution >= 0.6 is 0 Å². The number of aliphatic hydroxyl groups excluding tert-OH is 1. The van der Waals surface area contributed by atoms with Gasteiger partial charge < -0.3 is 21.4 Å². The van der Waals surface area contributed by atoms with Gasteiger partial charge in [0.25, 0.3) is 0 Å². The Balaban J connectivity index is 2.74. The van der Waals surface area contributed by atoms with Crippen molar-refractivity contribution >= 4 is 15.7 Å². The number of benzene rings is 1. The fraction of sp³-hybridized carbons (Fsp3) is 0.364. The first-order valence-corrected chi connectivity index (χ1v) is 7.29. The molecule has 0 bridgehead atoms. The molecule has 1 rings (SSSR count). The van der Waals surface area contributed by atoms with Crippen LogP contribution in [0.3, 0.4) is 0 Å². The van der Waals surface area contributed by atoms with Crippen molar-refractivity contribution in [3.05, 3.63) is 29.8 Å². The quantitative estimate of drug-likeness (QED) is 0.170. The molecule has 7 nitrogen and oxygen atoms in total. The largest absolute Gasteiger partial charge is 0.409 e. The molecule has 0 aliphatic heterocycles. The summed E-state index contributed by atoms with van der Waals surface area (Å²) < 4.78 is 23.9. The minimum absolute atomic E-state index is 0.0332. The minimum atomic E-state index is -3.38. The zero-order chi connectivity index (χ0) is 14.3. The van der Waals surface area contributed by atoms with E-state index in [1.165, 1.54) is 24.3 Å². The Kier molecular flexibility index (Phi) is 5.74. The summed E-state index contributed by atoms with van der Waals surface area (Å²) in [5, 5.41) is 22.7. The van der Waals surface area contributed by atoms with Crippen LogP contribution in [0, 0.1) is 0 Å². The number of sulfone groups is 1. The molecule has 0 unspecified atom stereocenters. The summed E-state index contributed by atoms with van der Waals surface area (Å²) in [6.07, 6.45) is 0. The van der Waals surface area contributed by atoms with Gasteiger partial charge in [0.1, 0.15) is 0 Å². The molecule has 0 aliphatic rings. The lowest BCUT2D eigenvalue weighted by atomic mass is 10.2. The summed E-state index contributed by atoms with van der Waals surface area (Å²) in [7, 11) is -3.38. The highest BCUT2D eigenvalue weighted by molar-refractivity contribution is 7.91. The number of hydrogen-bond donors (Lipinski definition) is 4. The molecular weight excluding hydrogens is 270 g/mol. The maximum absolute atomic E-state index is 11.9. The Hall–Kier alpha value is -1.64. The zero-order valence-electron chi connectivity index (χ0n) is 10.3. The smallest absolute Gasteiger partial charge is 0.179 e.